The van der Waals surface area contributed by atoms with E-state index >= 15 is 0 Å². The fourth-order valence-electron chi connectivity index (χ4n) is 3.57. The van der Waals surface area contributed by atoms with Crippen molar-refractivity contribution in [3.8, 4) is 5.75 Å². The number of methoxy groups -OCH3 is 1. The third kappa shape index (κ3) is 6.59. The standard InChI is InChI=1S/C26H30N2O5S/c1-4-33-26(29)19-28(22-8-6-5-7-9-22)25(21-12-14-23(32-3)15-13-21)18-27-34(30,31)24-16-10-20(2)11-17-24/h5-17,25,27H,4,18-19H2,1-3H3/t25-/m1/s1. The van der Waals surface area contributed by atoms with Gasteiger partial charge in [-0.3, -0.25) is 4.79 Å². The summed E-state index contributed by atoms with van der Waals surface area (Å²) in [7, 11) is -2.18. The summed E-state index contributed by atoms with van der Waals surface area (Å²) >= 11 is 0. The van der Waals surface area contributed by atoms with Gasteiger partial charge in [-0.15, -0.1) is 0 Å². The summed E-state index contributed by atoms with van der Waals surface area (Å²) < 4.78 is 39.2. The Morgan fingerprint density at radius 1 is 0.971 bits per heavy atom. The number of anilines is 1. The van der Waals surface area contributed by atoms with Crippen molar-refractivity contribution in [2.75, 3.05) is 31.7 Å². The van der Waals surface area contributed by atoms with Gasteiger partial charge in [-0.2, -0.15) is 0 Å². The Morgan fingerprint density at radius 3 is 2.21 bits per heavy atom. The van der Waals surface area contributed by atoms with E-state index in [0.717, 1.165) is 16.8 Å². The van der Waals surface area contributed by atoms with Crippen LogP contribution in [-0.4, -0.2) is 41.2 Å². The highest BCUT2D eigenvalue weighted by Gasteiger charge is 2.26. The number of carbonyl (C=O) groups is 1. The van der Waals surface area contributed by atoms with E-state index in [2.05, 4.69) is 4.72 Å². The summed E-state index contributed by atoms with van der Waals surface area (Å²) in [6, 6.07) is 22.9. The molecule has 0 fully saturated rings. The first-order valence-electron chi connectivity index (χ1n) is 11.0. The zero-order chi connectivity index (χ0) is 24.6. The predicted molar refractivity (Wildman–Crippen MR) is 133 cm³/mol. The molecule has 8 heteroatoms. The maximum Gasteiger partial charge on any atom is 0.325 e. The van der Waals surface area contributed by atoms with Gasteiger partial charge in [-0.05, 0) is 55.8 Å². The van der Waals surface area contributed by atoms with Crippen LogP contribution in [0.5, 0.6) is 5.75 Å². The molecular formula is C26H30N2O5S. The van der Waals surface area contributed by atoms with Gasteiger partial charge < -0.3 is 14.4 Å². The Bertz CT molecular complexity index is 1160. The largest absolute Gasteiger partial charge is 0.497 e. The lowest BCUT2D eigenvalue weighted by Crippen LogP contribution is -2.41. The van der Waals surface area contributed by atoms with Gasteiger partial charge in [-0.1, -0.05) is 48.0 Å². The summed E-state index contributed by atoms with van der Waals surface area (Å²) in [5.41, 5.74) is 2.56. The minimum Gasteiger partial charge on any atom is -0.497 e. The van der Waals surface area contributed by atoms with Crippen LogP contribution >= 0.6 is 0 Å². The van der Waals surface area contributed by atoms with E-state index in [0.29, 0.717) is 5.75 Å². The van der Waals surface area contributed by atoms with Crippen LogP contribution in [-0.2, 0) is 19.6 Å². The molecule has 0 saturated heterocycles. The first-order valence-corrected chi connectivity index (χ1v) is 12.5. The van der Waals surface area contributed by atoms with Crippen LogP contribution in [0, 0.1) is 6.92 Å². The number of rotatable bonds is 11. The molecule has 1 atom stereocenters. The molecule has 0 aliphatic rings. The first kappa shape index (κ1) is 25.3. The van der Waals surface area contributed by atoms with Crippen LogP contribution in [0.3, 0.4) is 0 Å². The molecule has 0 spiro atoms. The van der Waals surface area contributed by atoms with Crippen LogP contribution in [0.4, 0.5) is 5.69 Å². The van der Waals surface area contributed by atoms with Crippen molar-refractivity contribution < 1.29 is 22.7 Å². The molecule has 34 heavy (non-hydrogen) atoms. The second-order valence-electron chi connectivity index (χ2n) is 7.72. The summed E-state index contributed by atoms with van der Waals surface area (Å²) in [4.78, 5) is 14.5. The lowest BCUT2D eigenvalue weighted by Gasteiger charge is -2.33. The van der Waals surface area contributed by atoms with E-state index in [9.17, 15) is 13.2 Å². The SMILES string of the molecule is CCOC(=O)CN(c1ccccc1)[C@H](CNS(=O)(=O)c1ccc(C)cc1)c1ccc(OC)cc1. The number of ether oxygens (including phenoxy) is 2. The molecule has 1 N–H and O–H groups in total. The molecule has 180 valence electrons. The predicted octanol–water partition coefficient (Wildman–Crippen LogP) is 4.09. The van der Waals surface area contributed by atoms with E-state index in [4.69, 9.17) is 9.47 Å². The molecule has 3 rings (SSSR count). The van der Waals surface area contributed by atoms with E-state index in [1.807, 2.05) is 66.4 Å². The average Bonchev–Trinajstić information content (AvgIpc) is 2.84. The number of hydrogen-bond donors (Lipinski definition) is 1. The van der Waals surface area contributed by atoms with Crippen molar-refractivity contribution in [1.29, 1.82) is 0 Å². The maximum absolute atomic E-state index is 13.0. The van der Waals surface area contributed by atoms with Gasteiger partial charge >= 0.3 is 5.97 Å². The van der Waals surface area contributed by atoms with Crippen molar-refractivity contribution in [2.45, 2.75) is 24.8 Å². The number of esters is 1. The van der Waals surface area contributed by atoms with Crippen LogP contribution in [0.1, 0.15) is 24.1 Å². The molecule has 0 heterocycles. The zero-order valence-electron chi connectivity index (χ0n) is 19.6. The number of sulfonamides is 1. The van der Waals surface area contributed by atoms with Gasteiger partial charge in [-0.25, -0.2) is 13.1 Å². The smallest absolute Gasteiger partial charge is 0.325 e. The fourth-order valence-corrected chi connectivity index (χ4v) is 4.61. The van der Waals surface area contributed by atoms with E-state index in [1.165, 1.54) is 0 Å². The van der Waals surface area contributed by atoms with Crippen molar-refractivity contribution in [3.05, 3.63) is 90.0 Å². The Kier molecular flexibility index (Phi) is 8.67. The highest BCUT2D eigenvalue weighted by molar-refractivity contribution is 7.89. The van der Waals surface area contributed by atoms with Crippen LogP contribution in [0.25, 0.3) is 0 Å². The number of aryl methyl sites for hydroxylation is 1. The zero-order valence-corrected chi connectivity index (χ0v) is 20.4. The monoisotopic (exact) mass is 482 g/mol. The summed E-state index contributed by atoms with van der Waals surface area (Å²) in [5.74, 6) is 0.283. The molecule has 3 aromatic carbocycles. The number of hydrogen-bond acceptors (Lipinski definition) is 6. The molecule has 7 nitrogen and oxygen atoms in total. The Labute approximate surface area is 201 Å². The Hall–Kier alpha value is -3.36. The minimum atomic E-state index is -3.76. The van der Waals surface area contributed by atoms with Gasteiger partial charge in [0.1, 0.15) is 12.3 Å². The number of benzene rings is 3. The van der Waals surface area contributed by atoms with Crippen molar-refractivity contribution in [3.63, 3.8) is 0 Å². The first-order chi connectivity index (χ1) is 16.3. The van der Waals surface area contributed by atoms with E-state index in [-0.39, 0.29) is 24.6 Å². The van der Waals surface area contributed by atoms with Gasteiger partial charge in [0.2, 0.25) is 10.0 Å². The molecule has 0 unspecified atom stereocenters. The summed E-state index contributed by atoms with van der Waals surface area (Å²) in [5, 5.41) is 0. The lowest BCUT2D eigenvalue weighted by molar-refractivity contribution is -0.141. The van der Waals surface area contributed by atoms with Gasteiger partial charge in [0.25, 0.3) is 0 Å². The third-order valence-corrected chi connectivity index (χ3v) is 6.81. The second kappa shape index (κ2) is 11.7. The number of nitrogens with one attached hydrogen (secondary N) is 1. The third-order valence-electron chi connectivity index (χ3n) is 5.37. The number of carbonyl (C=O) groups excluding carboxylic acids is 1. The van der Waals surface area contributed by atoms with Crippen molar-refractivity contribution in [1.82, 2.24) is 4.72 Å². The molecule has 3 aromatic rings. The molecule has 0 saturated carbocycles. The second-order valence-corrected chi connectivity index (χ2v) is 9.49. The van der Waals surface area contributed by atoms with Crippen molar-refractivity contribution in [2.24, 2.45) is 0 Å². The van der Waals surface area contributed by atoms with Crippen LogP contribution < -0.4 is 14.4 Å². The van der Waals surface area contributed by atoms with E-state index in [1.54, 1.807) is 38.3 Å². The molecule has 0 aliphatic carbocycles. The normalized spacial score (nSPS) is 12.1. The summed E-state index contributed by atoms with van der Waals surface area (Å²) in [6.45, 7) is 3.91. The maximum atomic E-state index is 13.0. The quantitative estimate of drug-likeness (QED) is 0.415. The van der Waals surface area contributed by atoms with Gasteiger partial charge in [0.05, 0.1) is 24.7 Å². The number of nitrogens with zero attached hydrogens (tertiary/aromatic N) is 1. The molecule has 0 aliphatic heterocycles. The minimum absolute atomic E-state index is 0.0385. The molecule has 0 aromatic heterocycles. The Balaban J connectivity index is 1.98. The molecule has 0 bridgehead atoms. The van der Waals surface area contributed by atoms with Gasteiger partial charge in [0.15, 0.2) is 0 Å². The topological polar surface area (TPSA) is 84.9 Å². The van der Waals surface area contributed by atoms with E-state index < -0.39 is 22.0 Å². The van der Waals surface area contributed by atoms with Gasteiger partial charge in [0, 0.05) is 12.2 Å². The molecule has 0 amide bonds. The van der Waals surface area contributed by atoms with Crippen LogP contribution in [0.15, 0.2) is 83.8 Å². The number of para-hydroxylation sites is 1. The molecular weight excluding hydrogens is 452 g/mol. The average molecular weight is 483 g/mol. The van der Waals surface area contributed by atoms with Crippen molar-refractivity contribution >= 4 is 21.7 Å². The highest BCUT2D eigenvalue weighted by atomic mass is 32.2. The lowest BCUT2D eigenvalue weighted by atomic mass is 10.0. The summed E-state index contributed by atoms with van der Waals surface area (Å²) in [6.07, 6.45) is 0. The highest BCUT2D eigenvalue weighted by Crippen LogP contribution is 2.28. The molecule has 0 radical (unpaired) electrons. The fraction of sp³-hybridized carbons (Fsp3) is 0.269. The Morgan fingerprint density at radius 2 is 1.62 bits per heavy atom. The van der Waals surface area contributed by atoms with Crippen LogP contribution in [0.2, 0.25) is 0 Å².